The van der Waals surface area contributed by atoms with E-state index < -0.39 is 38.9 Å². The van der Waals surface area contributed by atoms with Crippen LogP contribution in [0.25, 0.3) is 11.2 Å². The maximum atomic E-state index is 12.0. The van der Waals surface area contributed by atoms with E-state index in [9.17, 15) is 19.7 Å². The second-order valence-corrected chi connectivity index (χ2v) is 7.96. The van der Waals surface area contributed by atoms with E-state index in [0.29, 0.717) is 30.6 Å². The molecule has 1 saturated heterocycles. The smallest absolute Gasteiger partial charge is 0.387 e. The van der Waals surface area contributed by atoms with E-state index in [1.54, 1.807) is 0 Å². The van der Waals surface area contributed by atoms with Gasteiger partial charge in [-0.2, -0.15) is 0 Å². The van der Waals surface area contributed by atoms with Gasteiger partial charge >= 0.3 is 7.75 Å². The molecule has 0 bridgehead atoms. The first-order chi connectivity index (χ1) is 13.3. The third-order valence-corrected chi connectivity index (χ3v) is 5.48. The lowest BCUT2D eigenvalue weighted by Crippen LogP contribution is -2.34. The minimum atomic E-state index is -4.08. The van der Waals surface area contributed by atoms with Crippen LogP contribution in [0.2, 0.25) is 0 Å². The first kappa shape index (κ1) is 21.0. The van der Waals surface area contributed by atoms with E-state index in [1.807, 2.05) is 0 Å². The number of hydrogen-bond acceptors (Lipinski definition) is 10. The number of nitrogen functional groups attached to an aromatic ring is 1. The number of nitrogens with zero attached hydrogens (tertiary/aromatic N) is 4. The van der Waals surface area contributed by atoms with Gasteiger partial charge in [-0.05, 0) is 19.4 Å². The number of aliphatic hydroxyl groups is 2. The molecule has 0 radical (unpaired) electrons. The normalized spacial score (nSPS) is 27.3. The highest BCUT2D eigenvalue weighted by Gasteiger charge is 2.45. The molecule has 156 valence electrons. The van der Waals surface area contributed by atoms with Crippen LogP contribution in [0.4, 0.5) is 5.82 Å². The van der Waals surface area contributed by atoms with Gasteiger partial charge in [-0.25, -0.2) is 24.6 Å². The van der Waals surface area contributed by atoms with Crippen molar-refractivity contribution in [2.45, 2.75) is 37.4 Å². The Morgan fingerprint density at radius 2 is 2.07 bits per heavy atom. The number of nitrogens with one attached hydrogen (secondary N) is 1. The summed E-state index contributed by atoms with van der Waals surface area (Å²) in [6.07, 6.45) is -0.828. The molecule has 0 amide bonds. The molecular formula is C14H24N7O6P. The number of hydrogen-bond donors (Lipinski definition) is 6. The molecule has 0 aliphatic carbocycles. The Morgan fingerprint density at radius 1 is 1.29 bits per heavy atom. The predicted octanol–water partition coefficient (Wildman–Crippen LogP) is -1.53. The van der Waals surface area contributed by atoms with Crippen molar-refractivity contribution < 1.29 is 28.9 Å². The zero-order chi connectivity index (χ0) is 20.3. The standard InChI is InChI=1S/C14H24N7O6P/c15-3-1-2-4-20-28(24,25)26-5-8-10(22)11(23)14(27-8)21-7-19-9-12(16)17-6-18-13(9)21/h6-8,10-11,14,22-23H,1-5,15H2,(H2,16,17,18)(H2,20,24,25)/t8-,10-,11-,14-/m1/s1. The number of aromatic nitrogens is 4. The van der Waals surface area contributed by atoms with Crippen LogP contribution >= 0.6 is 7.75 Å². The first-order valence-electron chi connectivity index (χ1n) is 8.71. The average Bonchev–Trinajstić information content (AvgIpc) is 3.20. The molecule has 0 spiro atoms. The van der Waals surface area contributed by atoms with Crippen LogP contribution in [0.3, 0.4) is 0 Å². The third kappa shape index (κ3) is 4.47. The molecule has 14 heteroatoms. The van der Waals surface area contributed by atoms with E-state index in [0.717, 1.165) is 0 Å². The molecule has 3 rings (SSSR count). The van der Waals surface area contributed by atoms with Crippen LogP contribution in [0.5, 0.6) is 0 Å². The van der Waals surface area contributed by atoms with Gasteiger partial charge in [0.15, 0.2) is 17.7 Å². The quantitative estimate of drug-likeness (QED) is 0.203. The van der Waals surface area contributed by atoms with E-state index >= 15 is 0 Å². The lowest BCUT2D eigenvalue weighted by atomic mass is 10.1. The summed E-state index contributed by atoms with van der Waals surface area (Å²) < 4.78 is 24.0. The Morgan fingerprint density at radius 3 is 2.82 bits per heavy atom. The highest BCUT2D eigenvalue weighted by atomic mass is 31.2. The summed E-state index contributed by atoms with van der Waals surface area (Å²) in [5, 5.41) is 23.0. The van der Waals surface area contributed by atoms with Crippen molar-refractivity contribution in [1.82, 2.24) is 24.6 Å². The van der Waals surface area contributed by atoms with E-state index in [2.05, 4.69) is 20.0 Å². The van der Waals surface area contributed by atoms with E-state index in [4.69, 9.17) is 20.7 Å². The second-order valence-electron chi connectivity index (χ2n) is 6.35. The Balaban J connectivity index is 1.64. The lowest BCUT2D eigenvalue weighted by Gasteiger charge is -2.18. The minimum absolute atomic E-state index is 0.165. The fourth-order valence-corrected chi connectivity index (χ4v) is 3.74. The maximum absolute atomic E-state index is 12.0. The fraction of sp³-hybridized carbons (Fsp3) is 0.643. The highest BCUT2D eigenvalue weighted by Crippen LogP contribution is 2.39. The summed E-state index contributed by atoms with van der Waals surface area (Å²) in [7, 11) is -4.08. The molecule has 3 heterocycles. The van der Waals surface area contributed by atoms with Gasteiger partial charge < -0.3 is 31.3 Å². The average molecular weight is 417 g/mol. The molecule has 5 atom stereocenters. The topological polar surface area (TPSA) is 204 Å². The van der Waals surface area contributed by atoms with Gasteiger partial charge in [0.25, 0.3) is 0 Å². The monoisotopic (exact) mass is 417 g/mol. The molecule has 1 aliphatic heterocycles. The molecule has 13 nitrogen and oxygen atoms in total. The number of nitrogens with two attached hydrogens (primary N) is 2. The van der Waals surface area contributed by atoms with E-state index in [1.165, 1.54) is 17.2 Å². The fourth-order valence-electron chi connectivity index (χ4n) is 2.86. The Bertz CT molecular complexity index is 851. The van der Waals surface area contributed by atoms with Crippen LogP contribution in [0.1, 0.15) is 19.1 Å². The third-order valence-electron chi connectivity index (χ3n) is 4.35. The number of fused-ring (bicyclic) bond motifs is 1. The van der Waals surface area contributed by atoms with Crippen molar-refractivity contribution in [3.63, 3.8) is 0 Å². The maximum Gasteiger partial charge on any atom is 0.403 e. The van der Waals surface area contributed by atoms with Crippen LogP contribution in [0.15, 0.2) is 12.7 Å². The van der Waals surface area contributed by atoms with Crippen LogP contribution in [0, 0.1) is 0 Å². The second kappa shape index (κ2) is 8.76. The Kier molecular flexibility index (Phi) is 6.58. The number of rotatable bonds is 9. The van der Waals surface area contributed by atoms with E-state index in [-0.39, 0.29) is 12.4 Å². The zero-order valence-corrected chi connectivity index (χ0v) is 15.9. The molecule has 1 unspecified atom stereocenters. The molecule has 0 saturated carbocycles. The van der Waals surface area contributed by atoms with Crippen molar-refractivity contribution in [3.8, 4) is 0 Å². The summed E-state index contributed by atoms with van der Waals surface area (Å²) in [5.74, 6) is 0.165. The van der Waals surface area contributed by atoms with Crippen molar-refractivity contribution in [2.75, 3.05) is 25.4 Å². The molecule has 0 aromatic carbocycles. The highest BCUT2D eigenvalue weighted by molar-refractivity contribution is 7.50. The summed E-state index contributed by atoms with van der Waals surface area (Å²) >= 11 is 0. The number of imidazole rings is 1. The number of aliphatic hydroxyl groups excluding tert-OH is 2. The number of unbranched alkanes of at least 4 members (excludes halogenated alkanes) is 1. The summed E-state index contributed by atoms with van der Waals surface area (Å²) in [6.45, 7) is 0.335. The van der Waals surface area contributed by atoms with Crippen molar-refractivity contribution in [1.29, 1.82) is 0 Å². The Labute approximate surface area is 160 Å². The van der Waals surface area contributed by atoms with Crippen molar-refractivity contribution in [3.05, 3.63) is 12.7 Å². The van der Waals surface area contributed by atoms with Crippen LogP contribution in [-0.4, -0.2) is 72.6 Å². The predicted molar refractivity (Wildman–Crippen MR) is 97.7 cm³/mol. The molecule has 2 aromatic heterocycles. The number of ether oxygens (including phenoxy) is 1. The van der Waals surface area contributed by atoms with Gasteiger partial charge in [0.05, 0.1) is 12.9 Å². The SMILES string of the molecule is NCCCCNP(=O)(O)OC[C@H]1O[C@@H](n2cnc3c(N)ncnc32)[C@H](O)[C@@H]1O. The van der Waals surface area contributed by atoms with Gasteiger partial charge in [0.1, 0.15) is 30.2 Å². The molecule has 1 fully saturated rings. The van der Waals surface area contributed by atoms with Crippen LogP contribution in [-0.2, 0) is 13.8 Å². The molecule has 1 aliphatic rings. The van der Waals surface area contributed by atoms with Gasteiger partial charge in [-0.1, -0.05) is 0 Å². The van der Waals surface area contributed by atoms with Gasteiger partial charge in [-0.3, -0.25) is 9.09 Å². The van der Waals surface area contributed by atoms with Crippen molar-refractivity contribution >= 4 is 24.7 Å². The summed E-state index contributed by atoms with van der Waals surface area (Å²) in [4.78, 5) is 21.8. The van der Waals surface area contributed by atoms with Crippen molar-refractivity contribution in [2.24, 2.45) is 5.73 Å². The summed E-state index contributed by atoms with van der Waals surface area (Å²) in [5.41, 5.74) is 11.8. The zero-order valence-electron chi connectivity index (χ0n) is 15.0. The first-order valence-corrected chi connectivity index (χ1v) is 10.3. The molecule has 8 N–H and O–H groups in total. The van der Waals surface area contributed by atoms with Gasteiger partial charge in [-0.15, -0.1) is 0 Å². The minimum Gasteiger partial charge on any atom is -0.387 e. The lowest BCUT2D eigenvalue weighted by molar-refractivity contribution is -0.0487. The number of anilines is 1. The largest absolute Gasteiger partial charge is 0.403 e. The van der Waals surface area contributed by atoms with Gasteiger partial charge in [0.2, 0.25) is 0 Å². The molecule has 28 heavy (non-hydrogen) atoms. The van der Waals surface area contributed by atoms with Gasteiger partial charge in [0, 0.05) is 6.54 Å². The molecular weight excluding hydrogens is 393 g/mol. The Hall–Kier alpha value is -1.70. The van der Waals surface area contributed by atoms with Crippen LogP contribution < -0.4 is 16.6 Å². The molecule has 2 aromatic rings. The summed E-state index contributed by atoms with van der Waals surface area (Å²) in [6, 6.07) is 0.